The number of hydrogen-bond donors (Lipinski definition) is 0. The molecular formula is C21H23NO5. The lowest BCUT2D eigenvalue weighted by atomic mass is 10.1. The molecule has 0 fully saturated rings. The Hall–Kier alpha value is -3.15. The van der Waals surface area contributed by atoms with Crippen LogP contribution in [0.5, 0.6) is 5.75 Å². The Morgan fingerprint density at radius 2 is 1.63 bits per heavy atom. The number of nitrogens with zero attached hydrogens (tertiary/aromatic N) is 1. The minimum absolute atomic E-state index is 0.0329. The highest BCUT2D eigenvalue weighted by Crippen LogP contribution is 2.13. The highest BCUT2D eigenvalue weighted by atomic mass is 16.5. The molecule has 2 aromatic rings. The monoisotopic (exact) mass is 369 g/mol. The highest BCUT2D eigenvalue weighted by molar-refractivity contribution is 5.94. The van der Waals surface area contributed by atoms with Gasteiger partial charge in [-0.2, -0.15) is 0 Å². The van der Waals surface area contributed by atoms with E-state index in [9.17, 15) is 14.4 Å². The van der Waals surface area contributed by atoms with Crippen molar-refractivity contribution in [3.8, 4) is 5.75 Å². The Labute approximate surface area is 158 Å². The summed E-state index contributed by atoms with van der Waals surface area (Å²) in [5.41, 5.74) is 1.54. The van der Waals surface area contributed by atoms with E-state index in [0.717, 1.165) is 5.56 Å². The maximum atomic E-state index is 12.6. The SMILES string of the molecule is COC(=O)CCN(Cc1ccccc1)C(=O)COc1ccc(C(C)=O)cc1. The largest absolute Gasteiger partial charge is 0.484 e. The number of Topliss-reactive ketones (excluding diaryl/α,β-unsaturated/α-hetero) is 1. The molecule has 0 saturated carbocycles. The number of methoxy groups -OCH3 is 1. The van der Waals surface area contributed by atoms with Crippen LogP contribution in [0.4, 0.5) is 0 Å². The predicted octanol–water partition coefficient (Wildman–Crippen LogP) is 2.86. The van der Waals surface area contributed by atoms with Gasteiger partial charge in [-0.15, -0.1) is 0 Å². The summed E-state index contributed by atoms with van der Waals surface area (Å²) in [6.45, 7) is 1.95. The van der Waals surface area contributed by atoms with Crippen molar-refractivity contribution in [2.75, 3.05) is 20.3 Å². The van der Waals surface area contributed by atoms with E-state index >= 15 is 0 Å². The van der Waals surface area contributed by atoms with Crippen molar-refractivity contribution in [3.63, 3.8) is 0 Å². The van der Waals surface area contributed by atoms with Gasteiger partial charge in [0, 0.05) is 18.7 Å². The Kier molecular flexibility index (Phi) is 7.55. The molecule has 2 aromatic carbocycles. The predicted molar refractivity (Wildman–Crippen MR) is 100 cm³/mol. The highest BCUT2D eigenvalue weighted by Gasteiger charge is 2.16. The molecule has 0 aliphatic heterocycles. The van der Waals surface area contributed by atoms with E-state index in [1.54, 1.807) is 29.2 Å². The van der Waals surface area contributed by atoms with Crippen molar-refractivity contribution in [2.24, 2.45) is 0 Å². The molecule has 0 unspecified atom stereocenters. The van der Waals surface area contributed by atoms with E-state index in [0.29, 0.717) is 17.9 Å². The second kappa shape index (κ2) is 10.1. The van der Waals surface area contributed by atoms with Gasteiger partial charge in [0.15, 0.2) is 12.4 Å². The number of carbonyl (C=O) groups is 3. The fourth-order valence-corrected chi connectivity index (χ4v) is 2.45. The standard InChI is InChI=1S/C21H23NO5/c1-16(23)18-8-10-19(11-9-18)27-15-20(24)22(13-12-21(25)26-2)14-17-6-4-3-5-7-17/h3-11H,12-15H2,1-2H3. The van der Waals surface area contributed by atoms with Gasteiger partial charge in [0.25, 0.3) is 5.91 Å². The molecule has 2 rings (SSSR count). The molecule has 0 bridgehead atoms. The van der Waals surface area contributed by atoms with Gasteiger partial charge in [-0.3, -0.25) is 14.4 Å². The molecule has 0 N–H and O–H groups in total. The minimum Gasteiger partial charge on any atom is -0.484 e. The van der Waals surface area contributed by atoms with Crippen LogP contribution in [-0.4, -0.2) is 42.8 Å². The first kappa shape index (κ1) is 20.2. The molecule has 6 heteroatoms. The zero-order valence-electron chi connectivity index (χ0n) is 15.5. The zero-order chi connectivity index (χ0) is 19.6. The van der Waals surface area contributed by atoms with E-state index in [-0.39, 0.29) is 37.2 Å². The second-order valence-electron chi connectivity index (χ2n) is 6.00. The van der Waals surface area contributed by atoms with E-state index in [1.807, 2.05) is 30.3 Å². The number of amides is 1. The lowest BCUT2D eigenvalue weighted by Gasteiger charge is -2.22. The average Bonchev–Trinajstić information content (AvgIpc) is 2.70. The van der Waals surface area contributed by atoms with Crippen LogP contribution < -0.4 is 4.74 Å². The van der Waals surface area contributed by atoms with Gasteiger partial charge in [0.2, 0.25) is 0 Å². The third kappa shape index (κ3) is 6.58. The molecule has 0 atom stereocenters. The summed E-state index contributed by atoms with van der Waals surface area (Å²) in [5.74, 6) is -0.143. The normalized spacial score (nSPS) is 10.1. The lowest BCUT2D eigenvalue weighted by molar-refractivity contribution is -0.142. The fourth-order valence-electron chi connectivity index (χ4n) is 2.45. The number of rotatable bonds is 9. The Morgan fingerprint density at radius 1 is 0.963 bits per heavy atom. The number of benzene rings is 2. The van der Waals surface area contributed by atoms with E-state index in [2.05, 4.69) is 4.74 Å². The van der Waals surface area contributed by atoms with Gasteiger partial charge in [-0.05, 0) is 36.8 Å². The first-order chi connectivity index (χ1) is 13.0. The summed E-state index contributed by atoms with van der Waals surface area (Å²) in [5, 5.41) is 0. The molecule has 0 aliphatic carbocycles. The van der Waals surface area contributed by atoms with Crippen LogP contribution in [0.1, 0.15) is 29.3 Å². The lowest BCUT2D eigenvalue weighted by Crippen LogP contribution is -2.36. The Balaban J connectivity index is 1.98. The number of ether oxygens (including phenoxy) is 2. The maximum Gasteiger partial charge on any atom is 0.307 e. The van der Waals surface area contributed by atoms with Gasteiger partial charge in [-0.1, -0.05) is 30.3 Å². The van der Waals surface area contributed by atoms with Crippen molar-refractivity contribution in [1.82, 2.24) is 4.90 Å². The summed E-state index contributed by atoms with van der Waals surface area (Å²) in [6, 6.07) is 16.1. The van der Waals surface area contributed by atoms with Crippen LogP contribution >= 0.6 is 0 Å². The fraction of sp³-hybridized carbons (Fsp3) is 0.286. The minimum atomic E-state index is -0.374. The molecule has 0 spiro atoms. The van der Waals surface area contributed by atoms with Gasteiger partial charge >= 0.3 is 5.97 Å². The molecule has 0 aromatic heterocycles. The van der Waals surface area contributed by atoms with Crippen LogP contribution in [0.2, 0.25) is 0 Å². The molecule has 0 heterocycles. The van der Waals surface area contributed by atoms with Crippen molar-refractivity contribution < 1.29 is 23.9 Å². The van der Waals surface area contributed by atoms with Crippen LogP contribution in [0, 0.1) is 0 Å². The average molecular weight is 369 g/mol. The van der Waals surface area contributed by atoms with Crippen LogP contribution in [0.15, 0.2) is 54.6 Å². The van der Waals surface area contributed by atoms with Gasteiger partial charge in [0.05, 0.1) is 13.5 Å². The quantitative estimate of drug-likeness (QED) is 0.502. The number of ketones is 1. The number of carbonyl (C=O) groups excluding carboxylic acids is 3. The van der Waals surface area contributed by atoms with Gasteiger partial charge in [0.1, 0.15) is 5.75 Å². The molecular weight excluding hydrogens is 346 g/mol. The summed E-state index contributed by atoms with van der Waals surface area (Å²) < 4.78 is 10.2. The van der Waals surface area contributed by atoms with Gasteiger partial charge < -0.3 is 14.4 Å². The van der Waals surface area contributed by atoms with E-state index < -0.39 is 0 Å². The van der Waals surface area contributed by atoms with Gasteiger partial charge in [-0.25, -0.2) is 0 Å². The molecule has 1 amide bonds. The first-order valence-electron chi connectivity index (χ1n) is 8.62. The molecule has 0 radical (unpaired) electrons. The second-order valence-corrected chi connectivity index (χ2v) is 6.00. The molecule has 6 nitrogen and oxygen atoms in total. The zero-order valence-corrected chi connectivity index (χ0v) is 15.5. The summed E-state index contributed by atoms with van der Waals surface area (Å²) in [4.78, 5) is 36.9. The van der Waals surface area contributed by atoms with Crippen molar-refractivity contribution in [1.29, 1.82) is 0 Å². The third-order valence-corrected chi connectivity index (χ3v) is 4.01. The smallest absolute Gasteiger partial charge is 0.307 e. The van der Waals surface area contributed by atoms with Crippen molar-refractivity contribution in [2.45, 2.75) is 19.9 Å². The Morgan fingerprint density at radius 3 is 2.22 bits per heavy atom. The summed E-state index contributed by atoms with van der Waals surface area (Å²) in [7, 11) is 1.32. The van der Waals surface area contributed by atoms with Crippen LogP contribution in [-0.2, 0) is 20.9 Å². The van der Waals surface area contributed by atoms with Crippen molar-refractivity contribution in [3.05, 3.63) is 65.7 Å². The van der Waals surface area contributed by atoms with E-state index in [1.165, 1.54) is 14.0 Å². The van der Waals surface area contributed by atoms with Crippen LogP contribution in [0.3, 0.4) is 0 Å². The maximum absolute atomic E-state index is 12.6. The first-order valence-corrected chi connectivity index (χ1v) is 8.62. The molecule has 0 saturated heterocycles. The molecule has 27 heavy (non-hydrogen) atoms. The van der Waals surface area contributed by atoms with Crippen molar-refractivity contribution >= 4 is 17.7 Å². The van der Waals surface area contributed by atoms with Crippen LogP contribution in [0.25, 0.3) is 0 Å². The topological polar surface area (TPSA) is 72.9 Å². The summed E-state index contributed by atoms with van der Waals surface area (Å²) in [6.07, 6.45) is 0.113. The number of esters is 1. The Bertz CT molecular complexity index is 771. The number of hydrogen-bond acceptors (Lipinski definition) is 5. The molecule has 0 aliphatic rings. The third-order valence-electron chi connectivity index (χ3n) is 4.01. The van der Waals surface area contributed by atoms with E-state index in [4.69, 9.17) is 4.74 Å². The summed E-state index contributed by atoms with van der Waals surface area (Å²) >= 11 is 0. The molecule has 142 valence electrons.